The minimum atomic E-state index is 0.165. The van der Waals surface area contributed by atoms with Crippen molar-refractivity contribution in [1.29, 1.82) is 0 Å². The van der Waals surface area contributed by atoms with Crippen LogP contribution in [0.5, 0.6) is 0 Å². The van der Waals surface area contributed by atoms with Crippen LogP contribution >= 0.6 is 0 Å². The SMILES string of the molecule is Cc1ccc(N)c(C2CCCCC2C=O)c1. The van der Waals surface area contributed by atoms with E-state index >= 15 is 0 Å². The largest absolute Gasteiger partial charge is 0.398 e. The van der Waals surface area contributed by atoms with Crippen molar-refractivity contribution in [2.45, 2.75) is 38.5 Å². The molecular formula is C14H19NO. The summed E-state index contributed by atoms with van der Waals surface area (Å²) in [6.07, 6.45) is 5.61. The highest BCUT2D eigenvalue weighted by Gasteiger charge is 2.27. The number of aldehydes is 1. The molecule has 2 atom stereocenters. The van der Waals surface area contributed by atoms with E-state index in [1.165, 1.54) is 24.0 Å². The zero-order chi connectivity index (χ0) is 11.5. The Balaban J connectivity index is 2.33. The molecule has 0 aliphatic heterocycles. The Hall–Kier alpha value is -1.31. The van der Waals surface area contributed by atoms with Crippen LogP contribution in [0.25, 0.3) is 0 Å². The maximum absolute atomic E-state index is 11.1. The molecule has 2 nitrogen and oxygen atoms in total. The average Bonchev–Trinajstić information content (AvgIpc) is 2.32. The van der Waals surface area contributed by atoms with Crippen LogP contribution in [-0.2, 0) is 4.79 Å². The number of aryl methyl sites for hydroxylation is 1. The molecule has 2 rings (SSSR count). The highest BCUT2D eigenvalue weighted by Crippen LogP contribution is 2.39. The predicted molar refractivity (Wildman–Crippen MR) is 66.4 cm³/mol. The van der Waals surface area contributed by atoms with E-state index in [0.717, 1.165) is 24.8 Å². The van der Waals surface area contributed by atoms with Gasteiger partial charge in [-0.25, -0.2) is 0 Å². The molecule has 16 heavy (non-hydrogen) atoms. The Morgan fingerprint density at radius 3 is 2.81 bits per heavy atom. The fraction of sp³-hybridized carbons (Fsp3) is 0.500. The van der Waals surface area contributed by atoms with E-state index in [4.69, 9.17) is 5.73 Å². The lowest BCUT2D eigenvalue weighted by Crippen LogP contribution is -2.20. The fourth-order valence-corrected chi connectivity index (χ4v) is 2.72. The molecular weight excluding hydrogens is 198 g/mol. The predicted octanol–water partition coefficient (Wildman–Crippen LogP) is 3.05. The van der Waals surface area contributed by atoms with Crippen molar-refractivity contribution in [3.8, 4) is 0 Å². The third kappa shape index (κ3) is 2.11. The number of hydrogen-bond donors (Lipinski definition) is 1. The molecule has 2 unspecified atom stereocenters. The molecule has 0 heterocycles. The number of nitrogen functional groups attached to an aromatic ring is 1. The van der Waals surface area contributed by atoms with E-state index in [9.17, 15) is 4.79 Å². The van der Waals surface area contributed by atoms with Crippen LogP contribution in [0.3, 0.4) is 0 Å². The number of carbonyl (C=O) groups is 1. The fourth-order valence-electron chi connectivity index (χ4n) is 2.72. The van der Waals surface area contributed by atoms with Gasteiger partial charge in [-0.05, 0) is 37.3 Å². The molecule has 1 aromatic rings. The summed E-state index contributed by atoms with van der Waals surface area (Å²) >= 11 is 0. The number of rotatable bonds is 2. The molecule has 0 spiro atoms. The van der Waals surface area contributed by atoms with E-state index in [0.29, 0.717) is 5.92 Å². The second kappa shape index (κ2) is 4.69. The molecule has 2 N–H and O–H groups in total. The quantitative estimate of drug-likeness (QED) is 0.611. The summed E-state index contributed by atoms with van der Waals surface area (Å²) in [6.45, 7) is 2.07. The first-order chi connectivity index (χ1) is 7.72. The zero-order valence-electron chi connectivity index (χ0n) is 9.78. The minimum Gasteiger partial charge on any atom is -0.398 e. The Labute approximate surface area is 96.8 Å². The van der Waals surface area contributed by atoms with Gasteiger partial charge in [0.2, 0.25) is 0 Å². The zero-order valence-corrected chi connectivity index (χ0v) is 9.78. The maximum Gasteiger partial charge on any atom is 0.123 e. The van der Waals surface area contributed by atoms with Gasteiger partial charge in [-0.1, -0.05) is 30.5 Å². The summed E-state index contributed by atoms with van der Waals surface area (Å²) in [5.41, 5.74) is 9.26. The summed E-state index contributed by atoms with van der Waals surface area (Å²) in [5, 5.41) is 0. The van der Waals surface area contributed by atoms with E-state index in [-0.39, 0.29) is 5.92 Å². The summed E-state index contributed by atoms with van der Waals surface area (Å²) in [4.78, 5) is 11.1. The number of benzene rings is 1. The highest BCUT2D eigenvalue weighted by molar-refractivity contribution is 5.59. The summed E-state index contributed by atoms with van der Waals surface area (Å²) < 4.78 is 0. The Kier molecular flexibility index (Phi) is 3.28. The van der Waals surface area contributed by atoms with Gasteiger partial charge in [-0.3, -0.25) is 0 Å². The van der Waals surface area contributed by atoms with Crippen LogP contribution in [0, 0.1) is 12.8 Å². The van der Waals surface area contributed by atoms with Crippen molar-refractivity contribution in [3.63, 3.8) is 0 Å². The van der Waals surface area contributed by atoms with Gasteiger partial charge >= 0.3 is 0 Å². The van der Waals surface area contributed by atoms with Crippen LogP contribution in [0.4, 0.5) is 5.69 Å². The molecule has 0 bridgehead atoms. The molecule has 0 amide bonds. The normalized spacial score (nSPS) is 25.3. The van der Waals surface area contributed by atoms with Crippen molar-refractivity contribution >= 4 is 12.0 Å². The van der Waals surface area contributed by atoms with Gasteiger partial charge in [0, 0.05) is 11.6 Å². The van der Waals surface area contributed by atoms with E-state index < -0.39 is 0 Å². The Morgan fingerprint density at radius 2 is 2.06 bits per heavy atom. The van der Waals surface area contributed by atoms with Crippen molar-refractivity contribution in [1.82, 2.24) is 0 Å². The van der Waals surface area contributed by atoms with Crippen molar-refractivity contribution in [2.75, 3.05) is 5.73 Å². The van der Waals surface area contributed by atoms with Crippen molar-refractivity contribution < 1.29 is 4.79 Å². The molecule has 86 valence electrons. The van der Waals surface area contributed by atoms with Crippen molar-refractivity contribution in [3.05, 3.63) is 29.3 Å². The topological polar surface area (TPSA) is 43.1 Å². The summed E-state index contributed by atoms with van der Waals surface area (Å²) in [5.74, 6) is 0.504. The molecule has 1 aliphatic rings. The third-order valence-electron chi connectivity index (χ3n) is 3.64. The van der Waals surface area contributed by atoms with E-state index in [1.54, 1.807) is 0 Å². The number of nitrogens with two attached hydrogens (primary N) is 1. The number of anilines is 1. The van der Waals surface area contributed by atoms with Gasteiger partial charge in [-0.15, -0.1) is 0 Å². The summed E-state index contributed by atoms with van der Waals surface area (Å²) in [6, 6.07) is 6.13. The second-order valence-corrected chi connectivity index (χ2v) is 4.82. The first kappa shape index (κ1) is 11.2. The van der Waals surface area contributed by atoms with E-state index in [2.05, 4.69) is 13.0 Å². The molecule has 1 saturated carbocycles. The van der Waals surface area contributed by atoms with Gasteiger partial charge in [-0.2, -0.15) is 0 Å². The van der Waals surface area contributed by atoms with Gasteiger partial charge in [0.15, 0.2) is 0 Å². The van der Waals surface area contributed by atoms with Gasteiger partial charge in [0.05, 0.1) is 0 Å². The second-order valence-electron chi connectivity index (χ2n) is 4.82. The lowest BCUT2D eigenvalue weighted by atomic mass is 9.75. The van der Waals surface area contributed by atoms with Gasteiger partial charge in [0.1, 0.15) is 6.29 Å². The first-order valence-corrected chi connectivity index (χ1v) is 6.03. The minimum absolute atomic E-state index is 0.165. The standard InChI is InChI=1S/C14H19NO/c1-10-6-7-14(15)13(8-10)12-5-3-2-4-11(12)9-16/h6-9,11-12H,2-5,15H2,1H3. The van der Waals surface area contributed by atoms with Crippen LogP contribution in [0.15, 0.2) is 18.2 Å². The Morgan fingerprint density at radius 1 is 1.31 bits per heavy atom. The molecule has 2 heteroatoms. The monoisotopic (exact) mass is 217 g/mol. The van der Waals surface area contributed by atoms with Crippen LogP contribution < -0.4 is 5.73 Å². The molecule has 1 aliphatic carbocycles. The molecule has 0 aromatic heterocycles. The van der Waals surface area contributed by atoms with Crippen LogP contribution in [0.2, 0.25) is 0 Å². The first-order valence-electron chi connectivity index (χ1n) is 6.03. The van der Waals surface area contributed by atoms with Crippen molar-refractivity contribution in [2.24, 2.45) is 5.92 Å². The van der Waals surface area contributed by atoms with E-state index in [1.807, 2.05) is 12.1 Å². The van der Waals surface area contributed by atoms with Crippen LogP contribution in [0.1, 0.15) is 42.7 Å². The lowest BCUT2D eigenvalue weighted by molar-refractivity contribution is -0.112. The Bertz CT molecular complexity index is 386. The molecule has 0 saturated heterocycles. The number of hydrogen-bond acceptors (Lipinski definition) is 2. The number of carbonyl (C=O) groups excluding carboxylic acids is 1. The highest BCUT2D eigenvalue weighted by atomic mass is 16.1. The average molecular weight is 217 g/mol. The smallest absolute Gasteiger partial charge is 0.123 e. The molecule has 1 fully saturated rings. The molecule has 1 aromatic carbocycles. The third-order valence-corrected chi connectivity index (χ3v) is 3.64. The van der Waals surface area contributed by atoms with Gasteiger partial charge < -0.3 is 10.5 Å². The molecule has 0 radical (unpaired) electrons. The van der Waals surface area contributed by atoms with Crippen LogP contribution in [-0.4, -0.2) is 6.29 Å². The summed E-state index contributed by atoms with van der Waals surface area (Å²) in [7, 11) is 0. The van der Waals surface area contributed by atoms with Gasteiger partial charge in [0.25, 0.3) is 0 Å². The maximum atomic E-state index is 11.1. The lowest BCUT2D eigenvalue weighted by Gasteiger charge is -2.29.